The Morgan fingerprint density at radius 3 is 2.52 bits per heavy atom. The molecule has 0 aliphatic heterocycles. The van der Waals surface area contributed by atoms with Crippen molar-refractivity contribution in [2.24, 2.45) is 0 Å². The number of halogens is 3. The van der Waals surface area contributed by atoms with E-state index in [1.165, 1.54) is 6.07 Å². The number of anilines is 2. The molecule has 0 bridgehead atoms. The van der Waals surface area contributed by atoms with Crippen molar-refractivity contribution in [2.75, 3.05) is 5.32 Å². The van der Waals surface area contributed by atoms with E-state index in [0.717, 1.165) is 28.9 Å². The summed E-state index contributed by atoms with van der Waals surface area (Å²) in [6, 6.07) is 11.5. The summed E-state index contributed by atoms with van der Waals surface area (Å²) in [7, 11) is 0. The third-order valence-corrected chi connectivity index (χ3v) is 2.97. The molecule has 0 amide bonds. The number of aromatic nitrogens is 2. The van der Waals surface area contributed by atoms with E-state index in [1.807, 2.05) is 24.3 Å². The van der Waals surface area contributed by atoms with Crippen LogP contribution in [0.2, 0.25) is 0 Å². The van der Waals surface area contributed by atoms with Gasteiger partial charge in [0.1, 0.15) is 5.82 Å². The molecule has 1 aromatic carbocycles. The topological polar surface area (TPSA) is 37.8 Å². The molecule has 1 N–H and O–H groups in total. The lowest BCUT2D eigenvalue weighted by molar-refractivity contribution is -0.137. The fraction of sp³-hybridized carbons (Fsp3) is 0.0667. The number of hydrogen-bond donors (Lipinski definition) is 1. The van der Waals surface area contributed by atoms with E-state index < -0.39 is 11.7 Å². The standard InChI is InChI=1S/C15H10F3N3/c16-15(17,18)11-3-6-14(20-9-11)21-12-4-5-13-10(8-12)2-1-7-19-13/h1-9H,(H,20,21). The van der Waals surface area contributed by atoms with Gasteiger partial charge in [0.25, 0.3) is 0 Å². The Morgan fingerprint density at radius 1 is 0.952 bits per heavy atom. The summed E-state index contributed by atoms with van der Waals surface area (Å²) >= 11 is 0. The van der Waals surface area contributed by atoms with Crippen LogP contribution in [0.5, 0.6) is 0 Å². The molecule has 0 fully saturated rings. The fourth-order valence-corrected chi connectivity index (χ4v) is 1.94. The van der Waals surface area contributed by atoms with E-state index in [9.17, 15) is 13.2 Å². The van der Waals surface area contributed by atoms with Crippen molar-refractivity contribution >= 4 is 22.4 Å². The number of hydrogen-bond acceptors (Lipinski definition) is 3. The maximum Gasteiger partial charge on any atom is 0.417 e. The molecule has 21 heavy (non-hydrogen) atoms. The first-order valence-corrected chi connectivity index (χ1v) is 6.17. The molecule has 6 heteroatoms. The summed E-state index contributed by atoms with van der Waals surface area (Å²) in [6.45, 7) is 0. The van der Waals surface area contributed by atoms with Gasteiger partial charge in [-0.15, -0.1) is 0 Å². The van der Waals surface area contributed by atoms with E-state index in [1.54, 1.807) is 12.3 Å². The predicted octanol–water partition coefficient (Wildman–Crippen LogP) is 4.39. The highest BCUT2D eigenvalue weighted by Crippen LogP contribution is 2.29. The largest absolute Gasteiger partial charge is 0.417 e. The first-order chi connectivity index (χ1) is 10.0. The van der Waals surface area contributed by atoms with Crippen molar-refractivity contribution in [1.29, 1.82) is 0 Å². The molecule has 0 radical (unpaired) electrons. The number of nitrogens with zero attached hydrogens (tertiary/aromatic N) is 2. The van der Waals surface area contributed by atoms with Crippen LogP contribution in [0.25, 0.3) is 10.9 Å². The highest BCUT2D eigenvalue weighted by molar-refractivity contribution is 5.82. The number of pyridine rings is 2. The molecule has 3 rings (SSSR count). The summed E-state index contributed by atoms with van der Waals surface area (Å²) in [6.07, 6.45) is -1.86. The summed E-state index contributed by atoms with van der Waals surface area (Å²) < 4.78 is 37.4. The van der Waals surface area contributed by atoms with E-state index in [-0.39, 0.29) is 0 Å². The Hall–Kier alpha value is -2.63. The van der Waals surface area contributed by atoms with Crippen LogP contribution in [0.4, 0.5) is 24.7 Å². The molecule has 0 atom stereocenters. The lowest BCUT2D eigenvalue weighted by Gasteiger charge is -2.09. The van der Waals surface area contributed by atoms with Gasteiger partial charge in [-0.3, -0.25) is 4.98 Å². The van der Waals surface area contributed by atoms with Gasteiger partial charge >= 0.3 is 6.18 Å². The number of benzene rings is 1. The fourth-order valence-electron chi connectivity index (χ4n) is 1.94. The Kier molecular flexibility index (Phi) is 3.21. The Labute approximate surface area is 118 Å². The zero-order chi connectivity index (χ0) is 14.9. The minimum Gasteiger partial charge on any atom is -0.340 e. The van der Waals surface area contributed by atoms with Crippen molar-refractivity contribution in [1.82, 2.24) is 9.97 Å². The molecular weight excluding hydrogens is 279 g/mol. The second-order valence-electron chi connectivity index (χ2n) is 4.47. The van der Waals surface area contributed by atoms with Crippen LogP contribution in [0.3, 0.4) is 0 Å². The van der Waals surface area contributed by atoms with E-state index in [0.29, 0.717) is 5.82 Å². The van der Waals surface area contributed by atoms with Crippen LogP contribution in [0.15, 0.2) is 54.9 Å². The normalized spacial score (nSPS) is 11.6. The summed E-state index contributed by atoms with van der Waals surface area (Å²) in [4.78, 5) is 7.97. The van der Waals surface area contributed by atoms with Gasteiger partial charge in [0.15, 0.2) is 0 Å². The van der Waals surface area contributed by atoms with Gasteiger partial charge in [-0.05, 0) is 36.4 Å². The molecule has 0 aliphatic carbocycles. The van der Waals surface area contributed by atoms with Crippen LogP contribution in [0, 0.1) is 0 Å². The average molecular weight is 289 g/mol. The molecule has 0 unspecified atom stereocenters. The average Bonchev–Trinajstić information content (AvgIpc) is 2.47. The molecule has 106 valence electrons. The molecule has 0 saturated carbocycles. The van der Waals surface area contributed by atoms with Crippen LogP contribution in [-0.4, -0.2) is 9.97 Å². The molecule has 0 spiro atoms. The highest BCUT2D eigenvalue weighted by atomic mass is 19.4. The Morgan fingerprint density at radius 2 is 1.81 bits per heavy atom. The molecule has 0 aliphatic rings. The van der Waals surface area contributed by atoms with Gasteiger partial charge in [0.2, 0.25) is 0 Å². The van der Waals surface area contributed by atoms with Gasteiger partial charge in [-0.2, -0.15) is 13.2 Å². The van der Waals surface area contributed by atoms with Crippen LogP contribution >= 0.6 is 0 Å². The minimum absolute atomic E-state index is 0.353. The molecule has 3 aromatic rings. The third kappa shape index (κ3) is 2.94. The first kappa shape index (κ1) is 13.4. The quantitative estimate of drug-likeness (QED) is 0.760. The number of rotatable bonds is 2. The zero-order valence-electron chi connectivity index (χ0n) is 10.7. The molecule has 2 heterocycles. The summed E-state index contributed by atoms with van der Waals surface area (Å²) in [5, 5.41) is 3.91. The van der Waals surface area contributed by atoms with Crippen LogP contribution in [-0.2, 0) is 6.18 Å². The van der Waals surface area contributed by atoms with Gasteiger partial charge in [0, 0.05) is 23.5 Å². The maximum absolute atomic E-state index is 12.5. The first-order valence-electron chi connectivity index (χ1n) is 6.17. The smallest absolute Gasteiger partial charge is 0.340 e. The highest BCUT2D eigenvalue weighted by Gasteiger charge is 2.30. The molecule has 3 nitrogen and oxygen atoms in total. The lowest BCUT2D eigenvalue weighted by atomic mass is 10.2. The van der Waals surface area contributed by atoms with Crippen molar-refractivity contribution in [2.45, 2.75) is 6.18 Å². The van der Waals surface area contributed by atoms with Crippen molar-refractivity contribution in [3.05, 3.63) is 60.4 Å². The van der Waals surface area contributed by atoms with Crippen molar-refractivity contribution in [3.8, 4) is 0 Å². The summed E-state index contributed by atoms with van der Waals surface area (Å²) in [5.41, 5.74) is 0.821. The van der Waals surface area contributed by atoms with E-state index in [4.69, 9.17) is 0 Å². The Balaban J connectivity index is 1.84. The zero-order valence-corrected chi connectivity index (χ0v) is 10.7. The Bertz CT molecular complexity index is 767. The van der Waals surface area contributed by atoms with Gasteiger partial charge in [-0.1, -0.05) is 6.07 Å². The maximum atomic E-state index is 12.5. The van der Waals surface area contributed by atoms with Crippen LogP contribution in [0.1, 0.15) is 5.56 Å². The third-order valence-electron chi connectivity index (χ3n) is 2.97. The lowest BCUT2D eigenvalue weighted by Crippen LogP contribution is -2.05. The number of alkyl halides is 3. The van der Waals surface area contributed by atoms with E-state index >= 15 is 0 Å². The SMILES string of the molecule is FC(F)(F)c1ccc(Nc2ccc3ncccc3c2)nc1. The van der Waals surface area contributed by atoms with Gasteiger partial charge < -0.3 is 5.32 Å². The second-order valence-corrected chi connectivity index (χ2v) is 4.47. The van der Waals surface area contributed by atoms with E-state index in [2.05, 4.69) is 15.3 Å². The molecule has 2 aromatic heterocycles. The van der Waals surface area contributed by atoms with Crippen molar-refractivity contribution in [3.63, 3.8) is 0 Å². The van der Waals surface area contributed by atoms with Gasteiger partial charge in [0.05, 0.1) is 11.1 Å². The monoisotopic (exact) mass is 289 g/mol. The molecular formula is C15H10F3N3. The number of nitrogens with one attached hydrogen (secondary N) is 1. The number of fused-ring (bicyclic) bond motifs is 1. The van der Waals surface area contributed by atoms with Crippen LogP contribution < -0.4 is 5.32 Å². The second kappa shape index (κ2) is 5.05. The minimum atomic E-state index is -4.37. The molecule has 0 saturated heterocycles. The predicted molar refractivity (Wildman–Crippen MR) is 74.3 cm³/mol. The van der Waals surface area contributed by atoms with Crippen molar-refractivity contribution < 1.29 is 13.2 Å². The van der Waals surface area contributed by atoms with Gasteiger partial charge in [-0.25, -0.2) is 4.98 Å². The summed E-state index contributed by atoms with van der Waals surface area (Å²) in [5.74, 6) is 0.353.